The third kappa shape index (κ3) is 1.99. The van der Waals surface area contributed by atoms with E-state index in [2.05, 4.69) is 0 Å². The van der Waals surface area contributed by atoms with Crippen LogP contribution in [0.2, 0.25) is 5.02 Å². The molecule has 0 aliphatic rings. The molecule has 0 heterocycles. The molecule has 0 aliphatic carbocycles. The molecule has 0 bridgehead atoms. The van der Waals surface area contributed by atoms with Gasteiger partial charge in [0.1, 0.15) is 0 Å². The molecule has 1 aromatic rings. The smallest absolute Gasteiger partial charge is 0.0866 e. The first-order valence-electron chi connectivity index (χ1n) is 4.04. The molecule has 0 aromatic heterocycles. The Kier molecular flexibility index (Phi) is 2.76. The quantitative estimate of drug-likeness (QED) is 0.750. The summed E-state index contributed by atoms with van der Waals surface area (Å²) in [6, 6.07) is 7.33. The Morgan fingerprint density at radius 3 is 2.67 bits per heavy atom. The van der Waals surface area contributed by atoms with Crippen LogP contribution in [0.15, 0.2) is 24.3 Å². The van der Waals surface area contributed by atoms with Gasteiger partial charge in [0.15, 0.2) is 0 Å². The molecule has 1 N–H and O–H groups in total. The third-order valence-corrected chi connectivity index (χ3v) is 2.37. The molecule has 1 rings (SSSR count). The summed E-state index contributed by atoms with van der Waals surface area (Å²) in [6.07, 6.45) is 0.688. The normalized spacial score (nSPS) is 15.7. The topological polar surface area (TPSA) is 20.2 Å². The Bertz CT molecular complexity index is 268. The van der Waals surface area contributed by atoms with Gasteiger partial charge in [-0.25, -0.2) is 0 Å². The second-order valence-corrected chi connectivity index (χ2v) is 3.57. The fourth-order valence-electron chi connectivity index (χ4n) is 1.03. The van der Waals surface area contributed by atoms with Crippen LogP contribution >= 0.6 is 11.6 Å². The van der Waals surface area contributed by atoms with Crippen molar-refractivity contribution in [3.8, 4) is 0 Å². The van der Waals surface area contributed by atoms with E-state index in [0.717, 1.165) is 5.56 Å². The number of hydrogen-bond acceptors (Lipinski definition) is 1. The monoisotopic (exact) mass is 184 g/mol. The fourth-order valence-corrected chi connectivity index (χ4v) is 1.22. The van der Waals surface area contributed by atoms with Crippen LogP contribution in [0.3, 0.4) is 0 Å². The molecule has 0 unspecified atom stereocenters. The molecule has 0 spiro atoms. The van der Waals surface area contributed by atoms with Crippen molar-refractivity contribution in [3.63, 3.8) is 0 Å². The summed E-state index contributed by atoms with van der Waals surface area (Å²) in [7, 11) is 0. The molecule has 12 heavy (non-hydrogen) atoms. The van der Waals surface area contributed by atoms with Crippen molar-refractivity contribution < 1.29 is 5.11 Å². The van der Waals surface area contributed by atoms with Gasteiger partial charge < -0.3 is 5.11 Å². The summed E-state index contributed by atoms with van der Waals surface area (Å²) < 4.78 is 0. The average molecular weight is 185 g/mol. The molecule has 0 saturated carbocycles. The largest absolute Gasteiger partial charge is 0.385 e. The van der Waals surface area contributed by atoms with Crippen molar-refractivity contribution in [1.82, 2.24) is 0 Å². The van der Waals surface area contributed by atoms with E-state index in [1.807, 2.05) is 19.1 Å². The molecule has 1 nitrogen and oxygen atoms in total. The first-order chi connectivity index (χ1) is 5.56. The average Bonchev–Trinajstić information content (AvgIpc) is 2.05. The van der Waals surface area contributed by atoms with Gasteiger partial charge in [-0.2, -0.15) is 0 Å². The van der Waals surface area contributed by atoms with E-state index in [9.17, 15) is 5.11 Å². The van der Waals surface area contributed by atoms with E-state index in [0.29, 0.717) is 11.4 Å². The van der Waals surface area contributed by atoms with Gasteiger partial charge in [-0.3, -0.25) is 0 Å². The lowest BCUT2D eigenvalue weighted by Gasteiger charge is -2.21. The molecular formula is C10H13ClO. The Balaban J connectivity index is 3.03. The summed E-state index contributed by atoms with van der Waals surface area (Å²) >= 11 is 5.80. The Morgan fingerprint density at radius 2 is 2.17 bits per heavy atom. The summed E-state index contributed by atoms with van der Waals surface area (Å²) in [5.74, 6) is 0. The standard InChI is InChI=1S/C10H13ClO/c1-3-10(2,12)8-5-4-6-9(11)7-8/h4-7,12H,3H2,1-2H3/t10-/m0/s1. The van der Waals surface area contributed by atoms with Crippen LogP contribution in [0.1, 0.15) is 25.8 Å². The van der Waals surface area contributed by atoms with Crippen molar-refractivity contribution in [3.05, 3.63) is 34.9 Å². The molecule has 1 aromatic carbocycles. The van der Waals surface area contributed by atoms with E-state index in [-0.39, 0.29) is 0 Å². The van der Waals surface area contributed by atoms with Crippen LogP contribution in [0.4, 0.5) is 0 Å². The fraction of sp³-hybridized carbons (Fsp3) is 0.400. The molecule has 1 atom stereocenters. The lowest BCUT2D eigenvalue weighted by Crippen LogP contribution is -2.19. The van der Waals surface area contributed by atoms with E-state index in [4.69, 9.17) is 11.6 Å². The van der Waals surface area contributed by atoms with Crippen LogP contribution in [-0.2, 0) is 5.60 Å². The first-order valence-corrected chi connectivity index (χ1v) is 4.42. The highest BCUT2D eigenvalue weighted by molar-refractivity contribution is 6.30. The zero-order chi connectivity index (χ0) is 9.19. The highest BCUT2D eigenvalue weighted by Crippen LogP contribution is 2.25. The molecular weight excluding hydrogens is 172 g/mol. The zero-order valence-corrected chi connectivity index (χ0v) is 8.10. The maximum atomic E-state index is 9.86. The maximum Gasteiger partial charge on any atom is 0.0866 e. The first kappa shape index (κ1) is 9.56. The molecule has 0 radical (unpaired) electrons. The van der Waals surface area contributed by atoms with E-state index in [1.54, 1.807) is 19.1 Å². The predicted molar refractivity (Wildman–Crippen MR) is 51.3 cm³/mol. The molecule has 0 amide bonds. The minimum atomic E-state index is -0.759. The summed E-state index contributed by atoms with van der Waals surface area (Å²) in [5.41, 5.74) is 0.114. The van der Waals surface area contributed by atoms with Crippen molar-refractivity contribution in [1.29, 1.82) is 0 Å². The Labute approximate surface area is 78.0 Å². The minimum absolute atomic E-state index is 0.668. The van der Waals surface area contributed by atoms with Crippen LogP contribution < -0.4 is 0 Å². The van der Waals surface area contributed by atoms with Gasteiger partial charge in [0.05, 0.1) is 5.60 Å². The van der Waals surface area contributed by atoms with Gasteiger partial charge >= 0.3 is 0 Å². The molecule has 0 fully saturated rings. The predicted octanol–water partition coefficient (Wildman–Crippen LogP) is 2.96. The maximum absolute atomic E-state index is 9.86. The lowest BCUT2D eigenvalue weighted by molar-refractivity contribution is 0.0531. The lowest BCUT2D eigenvalue weighted by atomic mass is 9.94. The van der Waals surface area contributed by atoms with Gasteiger partial charge in [-0.1, -0.05) is 30.7 Å². The van der Waals surface area contributed by atoms with Crippen LogP contribution in [0, 0.1) is 0 Å². The van der Waals surface area contributed by atoms with Crippen LogP contribution in [0.25, 0.3) is 0 Å². The second-order valence-electron chi connectivity index (χ2n) is 3.14. The summed E-state index contributed by atoms with van der Waals surface area (Å²) in [4.78, 5) is 0. The zero-order valence-electron chi connectivity index (χ0n) is 7.34. The van der Waals surface area contributed by atoms with Crippen LogP contribution in [-0.4, -0.2) is 5.11 Å². The highest BCUT2D eigenvalue weighted by atomic mass is 35.5. The number of benzene rings is 1. The van der Waals surface area contributed by atoms with Crippen molar-refractivity contribution in [2.24, 2.45) is 0 Å². The molecule has 0 saturated heterocycles. The number of hydrogen-bond donors (Lipinski definition) is 1. The summed E-state index contributed by atoms with van der Waals surface area (Å²) in [6.45, 7) is 3.74. The number of rotatable bonds is 2. The Hall–Kier alpha value is -0.530. The van der Waals surface area contributed by atoms with Gasteiger partial charge in [0.2, 0.25) is 0 Å². The third-order valence-electron chi connectivity index (χ3n) is 2.13. The molecule has 2 heteroatoms. The van der Waals surface area contributed by atoms with Crippen molar-refractivity contribution in [2.45, 2.75) is 25.9 Å². The van der Waals surface area contributed by atoms with Gasteiger partial charge in [0, 0.05) is 5.02 Å². The van der Waals surface area contributed by atoms with E-state index >= 15 is 0 Å². The highest BCUT2D eigenvalue weighted by Gasteiger charge is 2.19. The number of aliphatic hydroxyl groups is 1. The van der Waals surface area contributed by atoms with Crippen molar-refractivity contribution in [2.75, 3.05) is 0 Å². The van der Waals surface area contributed by atoms with Gasteiger partial charge in [0.25, 0.3) is 0 Å². The molecule has 66 valence electrons. The second kappa shape index (κ2) is 3.46. The number of halogens is 1. The van der Waals surface area contributed by atoms with Crippen LogP contribution in [0.5, 0.6) is 0 Å². The van der Waals surface area contributed by atoms with Crippen molar-refractivity contribution >= 4 is 11.6 Å². The minimum Gasteiger partial charge on any atom is -0.385 e. The Morgan fingerprint density at radius 1 is 1.50 bits per heavy atom. The van der Waals surface area contributed by atoms with Gasteiger partial charge in [-0.05, 0) is 31.0 Å². The summed E-state index contributed by atoms with van der Waals surface area (Å²) in [5, 5.41) is 10.5. The van der Waals surface area contributed by atoms with E-state index in [1.165, 1.54) is 0 Å². The van der Waals surface area contributed by atoms with E-state index < -0.39 is 5.60 Å². The molecule has 0 aliphatic heterocycles. The SMILES string of the molecule is CC[C@](C)(O)c1cccc(Cl)c1. The van der Waals surface area contributed by atoms with Gasteiger partial charge in [-0.15, -0.1) is 0 Å².